The average Bonchev–Trinajstić information content (AvgIpc) is 2.45. The summed E-state index contributed by atoms with van der Waals surface area (Å²) < 4.78 is 19.5. The van der Waals surface area contributed by atoms with Crippen molar-refractivity contribution in [2.45, 2.75) is 20.0 Å². The molecule has 0 bridgehead atoms. The highest BCUT2D eigenvalue weighted by Crippen LogP contribution is 2.24. The molecule has 0 radical (unpaired) electrons. The van der Waals surface area contributed by atoms with Crippen molar-refractivity contribution < 1.29 is 9.13 Å². The minimum absolute atomic E-state index is 0.117. The van der Waals surface area contributed by atoms with Gasteiger partial charge in [-0.3, -0.25) is 4.99 Å². The van der Waals surface area contributed by atoms with Gasteiger partial charge in [0.15, 0.2) is 11.6 Å². The molecule has 116 valence electrons. The highest BCUT2D eigenvalue weighted by atomic mass is 19.1. The number of aromatic nitrogens is 2. The van der Waals surface area contributed by atoms with E-state index >= 15 is 0 Å². The van der Waals surface area contributed by atoms with E-state index in [1.807, 2.05) is 13.8 Å². The predicted octanol–water partition coefficient (Wildman–Crippen LogP) is 2.03. The van der Waals surface area contributed by atoms with Crippen LogP contribution in [0.15, 0.2) is 29.5 Å². The third kappa shape index (κ3) is 3.13. The fraction of sp³-hybridized carbons (Fsp3) is 0.267. The monoisotopic (exact) mass is 303 g/mol. The van der Waals surface area contributed by atoms with Gasteiger partial charge in [0.1, 0.15) is 18.0 Å². The Bertz CT molecular complexity index is 695. The van der Waals surface area contributed by atoms with Gasteiger partial charge in [-0.2, -0.15) is 0 Å². The van der Waals surface area contributed by atoms with Gasteiger partial charge in [0.05, 0.1) is 17.4 Å². The van der Waals surface area contributed by atoms with Gasteiger partial charge < -0.3 is 16.2 Å². The van der Waals surface area contributed by atoms with E-state index in [1.54, 1.807) is 19.2 Å². The van der Waals surface area contributed by atoms with E-state index in [0.29, 0.717) is 16.8 Å². The van der Waals surface area contributed by atoms with Crippen molar-refractivity contribution in [3.63, 3.8) is 0 Å². The molecule has 1 aromatic heterocycles. The summed E-state index contributed by atoms with van der Waals surface area (Å²) in [6.45, 7) is 3.66. The van der Waals surface area contributed by atoms with Crippen LogP contribution in [-0.2, 0) is 0 Å². The third-order valence-electron chi connectivity index (χ3n) is 2.93. The fourth-order valence-electron chi connectivity index (χ4n) is 2.04. The molecular weight excluding hydrogens is 285 g/mol. The summed E-state index contributed by atoms with van der Waals surface area (Å²) in [4.78, 5) is 12.0. The van der Waals surface area contributed by atoms with E-state index < -0.39 is 5.82 Å². The molecule has 22 heavy (non-hydrogen) atoms. The molecule has 2 aromatic rings. The Morgan fingerprint density at radius 3 is 2.36 bits per heavy atom. The largest absolute Gasteiger partial charge is 0.488 e. The van der Waals surface area contributed by atoms with Crippen molar-refractivity contribution in [2.24, 2.45) is 4.99 Å². The van der Waals surface area contributed by atoms with Crippen molar-refractivity contribution in [1.82, 2.24) is 9.97 Å². The Kier molecular flexibility index (Phi) is 4.55. The number of ether oxygens (including phenoxy) is 1. The number of benzene rings is 1. The molecule has 7 heteroatoms. The minimum Gasteiger partial charge on any atom is -0.488 e. The Balaban J connectivity index is 2.47. The van der Waals surface area contributed by atoms with Crippen LogP contribution in [0.3, 0.4) is 0 Å². The van der Waals surface area contributed by atoms with Gasteiger partial charge in [0.2, 0.25) is 0 Å². The maximum Gasteiger partial charge on any atom is 0.165 e. The number of hydrogen-bond donors (Lipinski definition) is 2. The second-order valence-electron chi connectivity index (χ2n) is 4.90. The number of nitrogens with two attached hydrogens (primary N) is 2. The molecule has 1 heterocycles. The highest BCUT2D eigenvalue weighted by Gasteiger charge is 2.17. The number of rotatable bonds is 4. The van der Waals surface area contributed by atoms with Crippen LogP contribution in [0.4, 0.5) is 16.0 Å². The lowest BCUT2D eigenvalue weighted by molar-refractivity contribution is 0.231. The molecule has 1 aromatic carbocycles. The third-order valence-corrected chi connectivity index (χ3v) is 2.93. The fourth-order valence-corrected chi connectivity index (χ4v) is 2.04. The lowest BCUT2D eigenvalue weighted by Crippen LogP contribution is -2.13. The molecule has 2 rings (SSSR count). The minimum atomic E-state index is -0.485. The molecule has 0 saturated carbocycles. The summed E-state index contributed by atoms with van der Waals surface area (Å²) in [6.07, 6.45) is 1.15. The van der Waals surface area contributed by atoms with Crippen LogP contribution in [0.1, 0.15) is 25.0 Å². The number of nitrogen functional groups attached to an aromatic ring is 2. The molecule has 0 fully saturated rings. The summed E-state index contributed by atoms with van der Waals surface area (Å²) in [6, 6.07) is 4.56. The molecule has 0 saturated heterocycles. The van der Waals surface area contributed by atoms with Gasteiger partial charge >= 0.3 is 0 Å². The Morgan fingerprint density at radius 2 is 1.86 bits per heavy atom. The normalized spacial score (nSPS) is 11.8. The van der Waals surface area contributed by atoms with E-state index in [0.717, 1.165) is 0 Å². The van der Waals surface area contributed by atoms with Gasteiger partial charge in [0.25, 0.3) is 0 Å². The number of aliphatic imine (C=N–C) groups is 1. The van der Waals surface area contributed by atoms with E-state index in [1.165, 1.54) is 12.4 Å². The van der Waals surface area contributed by atoms with E-state index in [-0.39, 0.29) is 23.5 Å². The quantitative estimate of drug-likeness (QED) is 0.842. The zero-order valence-corrected chi connectivity index (χ0v) is 12.7. The standard InChI is InChI=1S/C15H18FN5O/c1-8(2)22-11-5-4-9(6-10(11)16)13(19-3)12-14(17)20-7-21-15(12)18/h4-8H,1-3H3,(H4,17,18,20,21). The van der Waals surface area contributed by atoms with Gasteiger partial charge in [-0.1, -0.05) is 0 Å². The second-order valence-corrected chi connectivity index (χ2v) is 4.90. The first-order valence-electron chi connectivity index (χ1n) is 6.73. The molecule has 0 amide bonds. The topological polar surface area (TPSA) is 99.4 Å². The van der Waals surface area contributed by atoms with Gasteiger partial charge in [-0.05, 0) is 32.0 Å². The summed E-state index contributed by atoms with van der Waals surface area (Å²) in [5, 5.41) is 0. The zero-order valence-electron chi connectivity index (χ0n) is 12.7. The number of nitrogens with zero attached hydrogens (tertiary/aromatic N) is 3. The SMILES string of the molecule is CN=C(c1ccc(OC(C)C)c(F)c1)c1c(N)ncnc1N. The maximum absolute atomic E-state index is 14.2. The summed E-state index contributed by atoms with van der Waals surface area (Å²) in [5.74, 6) is 0.0767. The van der Waals surface area contributed by atoms with E-state index in [2.05, 4.69) is 15.0 Å². The van der Waals surface area contributed by atoms with Crippen molar-refractivity contribution in [1.29, 1.82) is 0 Å². The van der Waals surface area contributed by atoms with Crippen LogP contribution in [0.2, 0.25) is 0 Å². The van der Waals surface area contributed by atoms with E-state index in [4.69, 9.17) is 16.2 Å². The average molecular weight is 303 g/mol. The second kappa shape index (κ2) is 6.38. The van der Waals surface area contributed by atoms with Crippen LogP contribution in [0, 0.1) is 5.82 Å². The van der Waals surface area contributed by atoms with Crippen LogP contribution >= 0.6 is 0 Å². The molecule has 0 spiro atoms. The Hall–Kier alpha value is -2.70. The van der Waals surface area contributed by atoms with Gasteiger partial charge in [0, 0.05) is 12.6 Å². The maximum atomic E-state index is 14.2. The lowest BCUT2D eigenvalue weighted by atomic mass is 10.0. The Labute approximate surface area is 128 Å². The smallest absolute Gasteiger partial charge is 0.165 e. The van der Waals surface area contributed by atoms with E-state index in [9.17, 15) is 4.39 Å². The van der Waals surface area contributed by atoms with Crippen LogP contribution in [0.5, 0.6) is 5.75 Å². The number of halogens is 1. The lowest BCUT2D eigenvalue weighted by Gasteiger charge is -2.13. The Morgan fingerprint density at radius 1 is 1.23 bits per heavy atom. The molecule has 0 aliphatic heterocycles. The van der Waals surface area contributed by atoms with Crippen molar-refractivity contribution in [3.8, 4) is 5.75 Å². The molecule has 4 N–H and O–H groups in total. The summed E-state index contributed by atoms with van der Waals surface area (Å²) in [5.41, 5.74) is 13.0. The van der Waals surface area contributed by atoms with Crippen LogP contribution in [0.25, 0.3) is 0 Å². The zero-order chi connectivity index (χ0) is 16.3. The highest BCUT2D eigenvalue weighted by molar-refractivity contribution is 6.17. The number of hydrogen-bond acceptors (Lipinski definition) is 6. The van der Waals surface area contributed by atoms with Gasteiger partial charge in [-0.15, -0.1) is 0 Å². The van der Waals surface area contributed by atoms with Gasteiger partial charge in [-0.25, -0.2) is 14.4 Å². The van der Waals surface area contributed by atoms with Crippen LogP contribution < -0.4 is 16.2 Å². The summed E-state index contributed by atoms with van der Waals surface area (Å²) in [7, 11) is 1.57. The first-order valence-corrected chi connectivity index (χ1v) is 6.73. The molecule has 0 aliphatic rings. The molecule has 0 aliphatic carbocycles. The van der Waals surface area contributed by atoms with Crippen molar-refractivity contribution >= 4 is 17.3 Å². The molecule has 0 unspecified atom stereocenters. The molecule has 6 nitrogen and oxygen atoms in total. The predicted molar refractivity (Wildman–Crippen MR) is 84.6 cm³/mol. The first kappa shape index (κ1) is 15.7. The first-order chi connectivity index (χ1) is 10.4. The molecule has 0 atom stereocenters. The van der Waals surface area contributed by atoms with Crippen LogP contribution in [-0.4, -0.2) is 28.8 Å². The number of anilines is 2. The van der Waals surface area contributed by atoms with Crippen molar-refractivity contribution in [3.05, 3.63) is 41.5 Å². The van der Waals surface area contributed by atoms with Crippen molar-refractivity contribution in [2.75, 3.05) is 18.5 Å². The summed E-state index contributed by atoms with van der Waals surface area (Å²) >= 11 is 0. The molecular formula is C15H18FN5O.